The number of hydrogen-bond donors (Lipinski definition) is 2. The fourth-order valence-electron chi connectivity index (χ4n) is 4.03. The fourth-order valence-corrected chi connectivity index (χ4v) is 4.03. The van der Waals surface area contributed by atoms with Gasteiger partial charge in [-0.05, 0) is 74.6 Å². The minimum atomic E-state index is -0.216. The van der Waals surface area contributed by atoms with E-state index in [0.29, 0.717) is 24.4 Å². The van der Waals surface area contributed by atoms with Crippen molar-refractivity contribution in [3.63, 3.8) is 0 Å². The molecular formula is C20H27N3O2. The van der Waals surface area contributed by atoms with Gasteiger partial charge in [0.25, 0.3) is 5.91 Å². The van der Waals surface area contributed by atoms with Gasteiger partial charge < -0.3 is 16.0 Å². The number of carbonyl (C=O) groups excluding carboxylic acids is 2. The number of benzene rings is 1. The van der Waals surface area contributed by atoms with Gasteiger partial charge in [-0.25, -0.2) is 0 Å². The number of primary amides is 1. The van der Waals surface area contributed by atoms with Crippen molar-refractivity contribution in [3.8, 4) is 0 Å². The lowest BCUT2D eigenvalue weighted by molar-refractivity contribution is -0.122. The van der Waals surface area contributed by atoms with Crippen molar-refractivity contribution in [1.82, 2.24) is 5.32 Å². The zero-order valence-corrected chi connectivity index (χ0v) is 14.6. The minimum Gasteiger partial charge on any atom is -0.371 e. The second-order valence-electron chi connectivity index (χ2n) is 7.91. The number of nitrogens with one attached hydrogen (secondary N) is 1. The van der Waals surface area contributed by atoms with E-state index in [2.05, 4.69) is 10.2 Å². The predicted molar refractivity (Wildman–Crippen MR) is 97.3 cm³/mol. The monoisotopic (exact) mass is 341 g/mol. The van der Waals surface area contributed by atoms with Crippen LogP contribution in [0.2, 0.25) is 0 Å². The number of hydrogen-bond acceptors (Lipinski definition) is 3. The lowest BCUT2D eigenvalue weighted by atomic mass is 9.97. The smallest absolute Gasteiger partial charge is 0.251 e. The van der Waals surface area contributed by atoms with E-state index in [-0.39, 0.29) is 17.7 Å². The summed E-state index contributed by atoms with van der Waals surface area (Å²) in [5, 5.41) is 3.26. The number of piperidine rings is 1. The third-order valence-electron chi connectivity index (χ3n) is 5.88. The summed E-state index contributed by atoms with van der Waals surface area (Å²) < 4.78 is 0. The Kier molecular flexibility index (Phi) is 4.40. The number of rotatable bonds is 6. The molecule has 1 aromatic carbocycles. The molecule has 3 N–H and O–H groups in total. The van der Waals surface area contributed by atoms with Gasteiger partial charge in [-0.2, -0.15) is 0 Å². The zero-order valence-electron chi connectivity index (χ0n) is 14.6. The van der Waals surface area contributed by atoms with Crippen LogP contribution in [0.4, 0.5) is 5.69 Å². The van der Waals surface area contributed by atoms with E-state index in [9.17, 15) is 9.59 Å². The first kappa shape index (κ1) is 16.4. The molecule has 3 fully saturated rings. The molecule has 1 atom stereocenters. The molecule has 0 bridgehead atoms. The summed E-state index contributed by atoms with van der Waals surface area (Å²) in [6, 6.07) is 8.15. The zero-order chi connectivity index (χ0) is 17.4. The number of anilines is 1. The number of nitrogens with two attached hydrogens (primary N) is 1. The molecule has 1 unspecified atom stereocenters. The van der Waals surface area contributed by atoms with Crippen LogP contribution in [-0.2, 0) is 4.79 Å². The molecule has 2 amide bonds. The Bertz CT molecular complexity index is 637. The third kappa shape index (κ3) is 3.80. The van der Waals surface area contributed by atoms with E-state index in [1.165, 1.54) is 25.7 Å². The molecule has 5 nitrogen and oxygen atoms in total. The molecule has 134 valence electrons. The Morgan fingerprint density at radius 2 is 1.68 bits per heavy atom. The van der Waals surface area contributed by atoms with Crippen LogP contribution in [0.1, 0.15) is 48.9 Å². The summed E-state index contributed by atoms with van der Waals surface area (Å²) in [4.78, 5) is 26.2. The Labute approximate surface area is 148 Å². The second-order valence-corrected chi connectivity index (χ2v) is 7.91. The van der Waals surface area contributed by atoms with Crippen molar-refractivity contribution in [2.24, 2.45) is 23.5 Å². The van der Waals surface area contributed by atoms with Crippen LogP contribution in [0.15, 0.2) is 24.3 Å². The van der Waals surface area contributed by atoms with Gasteiger partial charge in [-0.3, -0.25) is 9.59 Å². The lowest BCUT2D eigenvalue weighted by Gasteiger charge is -2.33. The van der Waals surface area contributed by atoms with E-state index < -0.39 is 0 Å². The molecular weight excluding hydrogens is 314 g/mol. The quantitative estimate of drug-likeness (QED) is 0.834. The van der Waals surface area contributed by atoms with Crippen LogP contribution >= 0.6 is 0 Å². The first-order valence-electron chi connectivity index (χ1n) is 9.57. The molecule has 25 heavy (non-hydrogen) atoms. The maximum absolute atomic E-state index is 12.6. The van der Waals surface area contributed by atoms with Gasteiger partial charge in [-0.1, -0.05) is 0 Å². The Morgan fingerprint density at radius 3 is 2.24 bits per heavy atom. The average Bonchev–Trinajstić information content (AvgIpc) is 3.53. The second kappa shape index (κ2) is 6.70. The van der Waals surface area contributed by atoms with Crippen LogP contribution < -0.4 is 16.0 Å². The van der Waals surface area contributed by atoms with Crippen LogP contribution in [0.5, 0.6) is 0 Å². The molecule has 1 heterocycles. The molecule has 2 aliphatic carbocycles. The summed E-state index contributed by atoms with van der Waals surface area (Å²) in [7, 11) is 0. The molecule has 3 aliphatic rings. The number of amides is 2. The summed E-state index contributed by atoms with van der Waals surface area (Å²) in [5.41, 5.74) is 7.24. The molecule has 1 aromatic rings. The van der Waals surface area contributed by atoms with E-state index in [1.807, 2.05) is 24.3 Å². The highest BCUT2D eigenvalue weighted by Crippen LogP contribution is 2.44. The summed E-state index contributed by atoms with van der Waals surface area (Å²) in [6.45, 7) is 1.60. The molecule has 2 saturated carbocycles. The van der Waals surface area contributed by atoms with Crippen molar-refractivity contribution in [2.75, 3.05) is 18.0 Å². The maximum Gasteiger partial charge on any atom is 0.251 e. The predicted octanol–water partition coefficient (Wildman–Crippen LogP) is 2.31. The summed E-state index contributed by atoms with van der Waals surface area (Å²) in [5.74, 6) is 1.16. The number of carbonyl (C=O) groups is 2. The lowest BCUT2D eigenvalue weighted by Crippen LogP contribution is -2.41. The third-order valence-corrected chi connectivity index (χ3v) is 5.88. The normalized spacial score (nSPS) is 23.6. The maximum atomic E-state index is 12.6. The SMILES string of the molecule is NC(=O)C1CCCN(c2ccc(C(=O)NC(C3CC3)C3CC3)cc2)C1. The average molecular weight is 341 g/mol. The Balaban J connectivity index is 1.39. The van der Waals surface area contributed by atoms with Crippen molar-refractivity contribution in [1.29, 1.82) is 0 Å². The van der Waals surface area contributed by atoms with Crippen LogP contribution in [0, 0.1) is 17.8 Å². The Hall–Kier alpha value is -2.04. The molecule has 0 spiro atoms. The topological polar surface area (TPSA) is 75.4 Å². The molecule has 0 radical (unpaired) electrons. The van der Waals surface area contributed by atoms with E-state index >= 15 is 0 Å². The summed E-state index contributed by atoms with van der Waals surface area (Å²) >= 11 is 0. The molecule has 1 saturated heterocycles. The minimum absolute atomic E-state index is 0.0454. The first-order chi connectivity index (χ1) is 12.1. The largest absolute Gasteiger partial charge is 0.371 e. The van der Waals surface area contributed by atoms with Gasteiger partial charge in [0, 0.05) is 30.4 Å². The fraction of sp³-hybridized carbons (Fsp3) is 0.600. The first-order valence-corrected chi connectivity index (χ1v) is 9.57. The van der Waals surface area contributed by atoms with Crippen LogP contribution in [-0.4, -0.2) is 30.9 Å². The standard InChI is InChI=1S/C20H27N3O2/c21-19(24)16-2-1-11-23(12-16)17-9-7-15(8-10-17)20(25)22-18(13-3-4-13)14-5-6-14/h7-10,13-14,16,18H,1-6,11-12H2,(H2,21,24)(H,22,25). The van der Waals surface area contributed by atoms with Crippen molar-refractivity contribution >= 4 is 17.5 Å². The van der Waals surface area contributed by atoms with E-state index in [0.717, 1.165) is 30.6 Å². The van der Waals surface area contributed by atoms with Gasteiger partial charge in [0.1, 0.15) is 0 Å². The van der Waals surface area contributed by atoms with Gasteiger partial charge in [0.15, 0.2) is 0 Å². The highest BCUT2D eigenvalue weighted by molar-refractivity contribution is 5.94. The molecule has 1 aliphatic heterocycles. The van der Waals surface area contributed by atoms with Crippen molar-refractivity contribution < 1.29 is 9.59 Å². The van der Waals surface area contributed by atoms with E-state index in [1.54, 1.807) is 0 Å². The Morgan fingerprint density at radius 1 is 1.04 bits per heavy atom. The van der Waals surface area contributed by atoms with Crippen molar-refractivity contribution in [2.45, 2.75) is 44.6 Å². The van der Waals surface area contributed by atoms with Gasteiger partial charge >= 0.3 is 0 Å². The van der Waals surface area contributed by atoms with Gasteiger partial charge in [0.05, 0.1) is 5.92 Å². The van der Waals surface area contributed by atoms with Crippen molar-refractivity contribution in [3.05, 3.63) is 29.8 Å². The number of nitrogens with zero attached hydrogens (tertiary/aromatic N) is 1. The molecule has 5 heteroatoms. The highest BCUT2D eigenvalue weighted by Gasteiger charge is 2.42. The summed E-state index contributed by atoms with van der Waals surface area (Å²) in [6.07, 6.45) is 6.88. The molecule has 4 rings (SSSR count). The van der Waals surface area contributed by atoms with Gasteiger partial charge in [0.2, 0.25) is 5.91 Å². The van der Waals surface area contributed by atoms with Crippen LogP contribution in [0.25, 0.3) is 0 Å². The highest BCUT2D eigenvalue weighted by atomic mass is 16.2. The van der Waals surface area contributed by atoms with Crippen LogP contribution in [0.3, 0.4) is 0 Å². The van der Waals surface area contributed by atoms with E-state index in [4.69, 9.17) is 5.73 Å². The molecule has 0 aromatic heterocycles. The van der Waals surface area contributed by atoms with Gasteiger partial charge in [-0.15, -0.1) is 0 Å².